The van der Waals surface area contributed by atoms with Crippen LogP contribution in [0.5, 0.6) is 5.75 Å². The van der Waals surface area contributed by atoms with Gasteiger partial charge in [0.1, 0.15) is 10.6 Å². The minimum atomic E-state index is -3.74. The number of sulfone groups is 1. The second-order valence-corrected chi connectivity index (χ2v) is 7.01. The molecule has 0 aromatic heterocycles. The SMILES string of the molecule is CCc1c(O)c(S(=O)(=O)c2ccccc2)cc2ccccc12. The molecule has 3 aromatic rings. The number of aromatic hydroxyl groups is 1. The molecular formula is C18H16O3S. The van der Waals surface area contributed by atoms with Crippen LogP contribution in [0.25, 0.3) is 10.8 Å². The van der Waals surface area contributed by atoms with Crippen molar-refractivity contribution in [1.82, 2.24) is 0 Å². The Hall–Kier alpha value is -2.33. The molecule has 0 aliphatic rings. The molecule has 22 heavy (non-hydrogen) atoms. The van der Waals surface area contributed by atoms with E-state index in [1.165, 1.54) is 12.1 Å². The molecular weight excluding hydrogens is 296 g/mol. The highest BCUT2D eigenvalue weighted by atomic mass is 32.2. The van der Waals surface area contributed by atoms with Gasteiger partial charge in [-0.25, -0.2) is 8.42 Å². The number of aryl methyl sites for hydroxylation is 1. The summed E-state index contributed by atoms with van der Waals surface area (Å²) in [6.45, 7) is 1.90. The predicted octanol–water partition coefficient (Wildman–Crippen LogP) is 3.94. The van der Waals surface area contributed by atoms with Crippen LogP contribution in [0.1, 0.15) is 12.5 Å². The van der Waals surface area contributed by atoms with Gasteiger partial charge in [0.2, 0.25) is 9.84 Å². The molecule has 3 nitrogen and oxygen atoms in total. The molecule has 112 valence electrons. The molecule has 3 aromatic carbocycles. The molecule has 0 aliphatic carbocycles. The molecule has 4 heteroatoms. The maximum atomic E-state index is 12.8. The predicted molar refractivity (Wildman–Crippen MR) is 86.9 cm³/mol. The van der Waals surface area contributed by atoms with Crippen LogP contribution in [0.2, 0.25) is 0 Å². The fraction of sp³-hybridized carbons (Fsp3) is 0.111. The summed E-state index contributed by atoms with van der Waals surface area (Å²) < 4.78 is 25.6. The van der Waals surface area contributed by atoms with Crippen LogP contribution in [-0.2, 0) is 16.3 Å². The van der Waals surface area contributed by atoms with Crippen LogP contribution in [0.3, 0.4) is 0 Å². The number of benzene rings is 3. The Morgan fingerprint density at radius 3 is 2.27 bits per heavy atom. The van der Waals surface area contributed by atoms with E-state index < -0.39 is 9.84 Å². The van der Waals surface area contributed by atoms with Crippen molar-refractivity contribution < 1.29 is 13.5 Å². The summed E-state index contributed by atoms with van der Waals surface area (Å²) in [6.07, 6.45) is 0.560. The van der Waals surface area contributed by atoms with Crippen LogP contribution in [0.15, 0.2) is 70.5 Å². The largest absolute Gasteiger partial charge is 0.506 e. The highest BCUT2D eigenvalue weighted by Gasteiger charge is 2.24. The van der Waals surface area contributed by atoms with E-state index in [2.05, 4.69) is 0 Å². The zero-order chi connectivity index (χ0) is 15.7. The summed E-state index contributed by atoms with van der Waals surface area (Å²) in [4.78, 5) is 0.150. The van der Waals surface area contributed by atoms with E-state index in [1.54, 1.807) is 24.3 Å². The standard InChI is InChI=1S/C18H16O3S/c1-2-15-16-11-7-6-8-13(16)12-17(18(15)19)22(20,21)14-9-4-3-5-10-14/h3-12,19H,2H2,1H3. The molecule has 0 fully saturated rings. The molecule has 3 rings (SSSR count). The lowest BCUT2D eigenvalue weighted by Crippen LogP contribution is -2.04. The first-order valence-electron chi connectivity index (χ1n) is 7.09. The Bertz CT molecular complexity index is 929. The molecule has 0 heterocycles. The molecule has 0 unspecified atom stereocenters. The van der Waals surface area contributed by atoms with Crippen molar-refractivity contribution in [2.24, 2.45) is 0 Å². The van der Waals surface area contributed by atoms with Gasteiger partial charge in [0.15, 0.2) is 0 Å². The van der Waals surface area contributed by atoms with Gasteiger partial charge in [-0.1, -0.05) is 49.4 Å². The van der Waals surface area contributed by atoms with Crippen LogP contribution in [-0.4, -0.2) is 13.5 Å². The van der Waals surface area contributed by atoms with E-state index >= 15 is 0 Å². The monoisotopic (exact) mass is 312 g/mol. The fourth-order valence-corrected chi connectivity index (χ4v) is 4.10. The van der Waals surface area contributed by atoms with Crippen molar-refractivity contribution >= 4 is 20.6 Å². The Kier molecular flexibility index (Phi) is 3.62. The van der Waals surface area contributed by atoms with Crippen molar-refractivity contribution in [3.05, 3.63) is 66.2 Å². The fourth-order valence-electron chi connectivity index (χ4n) is 2.67. The molecule has 0 radical (unpaired) electrons. The highest BCUT2D eigenvalue weighted by molar-refractivity contribution is 7.91. The number of hydrogen-bond acceptors (Lipinski definition) is 3. The Morgan fingerprint density at radius 2 is 1.59 bits per heavy atom. The maximum Gasteiger partial charge on any atom is 0.210 e. The zero-order valence-electron chi connectivity index (χ0n) is 12.2. The number of hydrogen-bond donors (Lipinski definition) is 1. The highest BCUT2D eigenvalue weighted by Crippen LogP contribution is 2.37. The Morgan fingerprint density at radius 1 is 0.955 bits per heavy atom. The third-order valence-corrected chi connectivity index (χ3v) is 5.57. The first kappa shape index (κ1) is 14.6. The lowest BCUT2D eigenvalue weighted by Gasteiger charge is -2.13. The summed E-state index contributed by atoms with van der Waals surface area (Å²) in [6, 6.07) is 17.2. The smallest absolute Gasteiger partial charge is 0.210 e. The van der Waals surface area contributed by atoms with E-state index in [0.717, 1.165) is 10.8 Å². The van der Waals surface area contributed by atoms with Crippen molar-refractivity contribution in [1.29, 1.82) is 0 Å². The number of fused-ring (bicyclic) bond motifs is 1. The second-order valence-electron chi connectivity index (χ2n) is 5.09. The minimum absolute atomic E-state index is 0.0331. The third-order valence-electron chi connectivity index (χ3n) is 3.79. The van der Waals surface area contributed by atoms with Crippen LogP contribution in [0.4, 0.5) is 0 Å². The molecule has 0 spiro atoms. The second kappa shape index (κ2) is 5.46. The zero-order valence-corrected chi connectivity index (χ0v) is 13.0. The van der Waals surface area contributed by atoms with Crippen molar-refractivity contribution in [3.8, 4) is 5.75 Å². The molecule has 0 amide bonds. The topological polar surface area (TPSA) is 54.4 Å². The van der Waals surface area contributed by atoms with Gasteiger partial charge in [-0.15, -0.1) is 0 Å². The molecule has 0 atom stereocenters. The number of rotatable bonds is 3. The summed E-state index contributed by atoms with van der Waals surface area (Å²) >= 11 is 0. The third kappa shape index (κ3) is 2.25. The summed E-state index contributed by atoms with van der Waals surface area (Å²) in [5, 5.41) is 12.2. The van der Waals surface area contributed by atoms with Crippen LogP contribution < -0.4 is 0 Å². The summed E-state index contributed by atoms with van der Waals surface area (Å²) in [5.74, 6) is -0.148. The Labute approximate surface area is 129 Å². The lowest BCUT2D eigenvalue weighted by molar-refractivity contribution is 0.453. The van der Waals surface area contributed by atoms with Gasteiger partial charge in [-0.2, -0.15) is 0 Å². The van der Waals surface area contributed by atoms with Gasteiger partial charge in [0, 0.05) is 5.56 Å². The first-order chi connectivity index (χ1) is 10.6. The van der Waals surface area contributed by atoms with Crippen molar-refractivity contribution in [3.63, 3.8) is 0 Å². The first-order valence-corrected chi connectivity index (χ1v) is 8.57. The maximum absolute atomic E-state index is 12.8. The van der Waals surface area contributed by atoms with Crippen LogP contribution in [0, 0.1) is 0 Å². The van der Waals surface area contributed by atoms with Crippen molar-refractivity contribution in [2.75, 3.05) is 0 Å². The molecule has 1 N–H and O–H groups in total. The molecule has 0 saturated heterocycles. The molecule has 0 bridgehead atoms. The minimum Gasteiger partial charge on any atom is -0.506 e. The van der Waals surface area contributed by atoms with Crippen molar-refractivity contribution in [2.45, 2.75) is 23.1 Å². The van der Waals surface area contributed by atoms with E-state index in [4.69, 9.17) is 0 Å². The number of phenolic OH excluding ortho intramolecular Hbond substituents is 1. The Balaban J connectivity index is 2.35. The lowest BCUT2D eigenvalue weighted by atomic mass is 10.0. The van der Waals surface area contributed by atoms with Gasteiger partial charge in [-0.05, 0) is 35.4 Å². The van der Waals surface area contributed by atoms with E-state index in [1.807, 2.05) is 31.2 Å². The van der Waals surface area contributed by atoms with E-state index in [0.29, 0.717) is 12.0 Å². The molecule has 0 saturated carbocycles. The number of phenols is 1. The van der Waals surface area contributed by atoms with Gasteiger partial charge >= 0.3 is 0 Å². The van der Waals surface area contributed by atoms with Gasteiger partial charge < -0.3 is 5.11 Å². The van der Waals surface area contributed by atoms with Gasteiger partial charge in [0.25, 0.3) is 0 Å². The van der Waals surface area contributed by atoms with E-state index in [-0.39, 0.29) is 15.5 Å². The normalized spacial score (nSPS) is 11.7. The summed E-state index contributed by atoms with van der Waals surface area (Å²) in [7, 11) is -3.74. The van der Waals surface area contributed by atoms with Crippen LogP contribution >= 0.6 is 0 Å². The average molecular weight is 312 g/mol. The summed E-state index contributed by atoms with van der Waals surface area (Å²) in [5.41, 5.74) is 0.660. The quantitative estimate of drug-likeness (QED) is 0.797. The average Bonchev–Trinajstić information content (AvgIpc) is 2.55. The van der Waals surface area contributed by atoms with E-state index in [9.17, 15) is 13.5 Å². The van der Waals surface area contributed by atoms with Gasteiger partial charge in [-0.3, -0.25) is 0 Å². The molecule has 0 aliphatic heterocycles. The van der Waals surface area contributed by atoms with Gasteiger partial charge in [0.05, 0.1) is 4.90 Å².